The average Bonchev–Trinajstić information content (AvgIpc) is 3.26. The Morgan fingerprint density at radius 1 is 0.579 bits per heavy atom. The van der Waals surface area contributed by atoms with E-state index in [2.05, 4.69) is 0 Å². The number of nitrogens with zero attached hydrogens (tertiary/aromatic N) is 2. The van der Waals surface area contributed by atoms with Crippen LogP contribution in [0.1, 0.15) is 112 Å². The summed E-state index contributed by atoms with van der Waals surface area (Å²) in [4.78, 5) is 70.8. The van der Waals surface area contributed by atoms with Gasteiger partial charge >= 0.3 is 29.8 Å². The van der Waals surface area contributed by atoms with Gasteiger partial charge < -0.3 is 29.4 Å². The van der Waals surface area contributed by atoms with Gasteiger partial charge in [-0.15, -0.1) is 0 Å². The van der Waals surface area contributed by atoms with Crippen LogP contribution < -0.4 is 5.73 Å². The molecule has 2 N–H and O–H groups in total. The summed E-state index contributed by atoms with van der Waals surface area (Å²) in [6, 6.07) is 16.7. The molecule has 0 bridgehead atoms. The van der Waals surface area contributed by atoms with Gasteiger partial charge in [-0.25, -0.2) is 0 Å². The quantitative estimate of drug-likeness (QED) is 0.149. The van der Waals surface area contributed by atoms with Gasteiger partial charge in [0.2, 0.25) is 0 Å². The largest absolute Gasteiger partial charge is 0.460 e. The van der Waals surface area contributed by atoms with Gasteiger partial charge in [-0.05, 0) is 92.7 Å². The SMILES string of the molecule is CC(C)(C)OC(=O)CCC(C(=O)OCc1ccccc1)N1CCN(C(CCC(=O)OC(C)(C)C)C(=O)OCc2ccccc2)CC(N)(CCC(=O)OC(C)(C)C)C1. The molecule has 0 aromatic heterocycles. The van der Waals surface area contributed by atoms with Crippen LogP contribution in [-0.2, 0) is 60.9 Å². The Kier molecular flexibility index (Phi) is 17.3. The Balaban J connectivity index is 1.99. The van der Waals surface area contributed by atoms with Gasteiger partial charge in [0.1, 0.15) is 42.1 Å². The van der Waals surface area contributed by atoms with E-state index in [0.29, 0.717) is 0 Å². The minimum Gasteiger partial charge on any atom is -0.460 e. The van der Waals surface area contributed by atoms with Gasteiger partial charge in [0.15, 0.2) is 0 Å². The number of carbonyl (C=O) groups is 5. The van der Waals surface area contributed by atoms with Gasteiger partial charge in [0.05, 0.1) is 0 Å². The lowest BCUT2D eigenvalue weighted by atomic mass is 9.91. The third-order valence-electron chi connectivity index (χ3n) is 8.91. The summed E-state index contributed by atoms with van der Waals surface area (Å²) < 4.78 is 28.5. The predicted octanol–water partition coefficient (Wildman–Crippen LogP) is 5.89. The number of ether oxygens (including phenoxy) is 5. The van der Waals surface area contributed by atoms with E-state index in [0.717, 1.165) is 11.1 Å². The molecule has 0 saturated carbocycles. The van der Waals surface area contributed by atoms with Crippen molar-refractivity contribution >= 4 is 29.8 Å². The van der Waals surface area contributed by atoms with Crippen LogP contribution in [0.4, 0.5) is 0 Å². The maximum atomic E-state index is 14.0. The Bertz CT molecular complexity index is 1510. The summed E-state index contributed by atoms with van der Waals surface area (Å²) in [5.74, 6) is -2.47. The van der Waals surface area contributed by atoms with Gasteiger partial charge in [-0.2, -0.15) is 0 Å². The monoisotopic (exact) mass is 795 g/mol. The van der Waals surface area contributed by atoms with Crippen LogP contribution in [0.5, 0.6) is 0 Å². The number of rotatable bonds is 17. The third-order valence-corrected chi connectivity index (χ3v) is 8.91. The molecule has 0 aliphatic carbocycles. The maximum Gasteiger partial charge on any atom is 0.323 e. The highest BCUT2D eigenvalue weighted by molar-refractivity contribution is 5.78. The van der Waals surface area contributed by atoms with E-state index >= 15 is 0 Å². The highest BCUT2D eigenvalue weighted by atomic mass is 16.6. The van der Waals surface area contributed by atoms with Gasteiger partial charge in [-0.1, -0.05) is 60.7 Å². The molecule has 57 heavy (non-hydrogen) atoms. The lowest BCUT2D eigenvalue weighted by Gasteiger charge is -2.38. The van der Waals surface area contributed by atoms with E-state index in [1.165, 1.54) is 0 Å². The van der Waals surface area contributed by atoms with Crippen LogP contribution in [0.25, 0.3) is 0 Å². The first-order valence-corrected chi connectivity index (χ1v) is 19.8. The molecular weight excluding hydrogens is 730 g/mol. The fourth-order valence-corrected chi connectivity index (χ4v) is 6.55. The third kappa shape index (κ3) is 18.2. The van der Waals surface area contributed by atoms with E-state index in [1.54, 1.807) is 62.3 Å². The molecule has 2 aromatic rings. The lowest BCUT2D eigenvalue weighted by molar-refractivity contribution is -0.159. The highest BCUT2D eigenvalue weighted by Crippen LogP contribution is 2.26. The number of carbonyl (C=O) groups excluding carboxylic acids is 5. The molecule has 1 heterocycles. The fourth-order valence-electron chi connectivity index (χ4n) is 6.55. The highest BCUT2D eigenvalue weighted by Gasteiger charge is 2.42. The average molecular weight is 796 g/mol. The van der Waals surface area contributed by atoms with Crippen molar-refractivity contribution in [1.82, 2.24) is 9.80 Å². The van der Waals surface area contributed by atoms with E-state index in [1.807, 2.05) is 70.5 Å². The molecule has 0 amide bonds. The molecule has 13 heteroatoms. The molecule has 0 spiro atoms. The van der Waals surface area contributed by atoms with Crippen LogP contribution in [0.15, 0.2) is 60.7 Å². The molecule has 3 rings (SSSR count). The molecule has 1 aliphatic heterocycles. The van der Waals surface area contributed by atoms with Crippen molar-refractivity contribution in [1.29, 1.82) is 0 Å². The van der Waals surface area contributed by atoms with Crippen molar-refractivity contribution in [2.24, 2.45) is 5.73 Å². The van der Waals surface area contributed by atoms with Crippen molar-refractivity contribution in [3.05, 3.63) is 71.8 Å². The minimum absolute atomic E-state index is 0.0228. The van der Waals surface area contributed by atoms with Crippen LogP contribution in [0, 0.1) is 0 Å². The van der Waals surface area contributed by atoms with E-state index in [4.69, 9.17) is 29.4 Å². The first-order chi connectivity index (χ1) is 26.5. The second-order valence-corrected chi connectivity index (χ2v) is 17.9. The van der Waals surface area contributed by atoms with Crippen LogP contribution >= 0.6 is 0 Å². The van der Waals surface area contributed by atoms with Crippen LogP contribution in [-0.4, -0.2) is 100 Å². The molecule has 13 nitrogen and oxygen atoms in total. The van der Waals surface area contributed by atoms with Crippen LogP contribution in [0.2, 0.25) is 0 Å². The molecule has 1 aliphatic rings. The van der Waals surface area contributed by atoms with Crippen molar-refractivity contribution in [2.45, 2.75) is 148 Å². The summed E-state index contributed by atoms with van der Waals surface area (Å²) in [5, 5.41) is 0. The number of esters is 5. The zero-order valence-corrected chi connectivity index (χ0v) is 35.5. The van der Waals surface area contributed by atoms with Crippen molar-refractivity contribution in [2.75, 3.05) is 26.2 Å². The first kappa shape index (κ1) is 47.0. The lowest BCUT2D eigenvalue weighted by Crippen LogP contribution is -2.58. The zero-order valence-electron chi connectivity index (χ0n) is 35.5. The Labute approximate surface area is 338 Å². The Hall–Kier alpha value is -4.33. The summed E-state index contributed by atoms with van der Waals surface area (Å²) >= 11 is 0. The molecule has 2 atom stereocenters. The molecular formula is C44H65N3O10. The van der Waals surface area contributed by atoms with Gasteiger partial charge in [0.25, 0.3) is 0 Å². The zero-order chi connectivity index (χ0) is 42.4. The molecule has 2 aromatic carbocycles. The van der Waals surface area contributed by atoms with Crippen molar-refractivity contribution in [3.8, 4) is 0 Å². The maximum absolute atomic E-state index is 14.0. The first-order valence-electron chi connectivity index (χ1n) is 19.8. The van der Waals surface area contributed by atoms with Gasteiger partial charge in [0, 0.05) is 51.0 Å². The number of nitrogens with two attached hydrogens (primary N) is 1. The normalized spacial score (nSPS) is 18.1. The number of hydrogen-bond donors (Lipinski definition) is 1. The number of benzene rings is 2. The fraction of sp³-hybridized carbons (Fsp3) is 0.614. The Morgan fingerprint density at radius 2 is 0.912 bits per heavy atom. The van der Waals surface area contributed by atoms with E-state index in [-0.39, 0.29) is 77.9 Å². The summed E-state index contributed by atoms with van der Waals surface area (Å²) in [5.41, 5.74) is 5.51. The molecule has 2 unspecified atom stereocenters. The second-order valence-electron chi connectivity index (χ2n) is 17.9. The topological polar surface area (TPSA) is 164 Å². The standard InChI is InChI=1S/C44H65N3O10/c1-41(2,3)55-36(48)22-20-34(39(51)53-28-32-16-12-10-13-17-32)46-26-27-47(31-44(45,30-46)25-24-38(50)57-43(7,8)9)35(21-23-37(49)56-42(4,5)6)40(52)54-29-33-18-14-11-15-19-33/h10-19,34-35H,20-31,45H2,1-9H3. The molecule has 1 saturated heterocycles. The predicted molar refractivity (Wildman–Crippen MR) is 215 cm³/mol. The smallest absolute Gasteiger partial charge is 0.323 e. The second kappa shape index (κ2) is 20.9. The van der Waals surface area contributed by atoms with Crippen molar-refractivity contribution in [3.63, 3.8) is 0 Å². The molecule has 0 radical (unpaired) electrons. The summed E-state index contributed by atoms with van der Waals surface area (Å²) in [7, 11) is 0. The minimum atomic E-state index is -1.18. The van der Waals surface area contributed by atoms with E-state index < -0.39 is 64.3 Å². The van der Waals surface area contributed by atoms with Crippen LogP contribution in [0.3, 0.4) is 0 Å². The molecule has 1 fully saturated rings. The Morgan fingerprint density at radius 3 is 1.25 bits per heavy atom. The van der Waals surface area contributed by atoms with Gasteiger partial charge in [-0.3, -0.25) is 33.8 Å². The van der Waals surface area contributed by atoms with Crippen molar-refractivity contribution < 1.29 is 47.7 Å². The molecule has 316 valence electrons. The summed E-state index contributed by atoms with van der Waals surface area (Å²) in [6.45, 7) is 16.7. The summed E-state index contributed by atoms with van der Waals surface area (Å²) in [6.07, 6.45) is 0.130. The number of hydrogen-bond acceptors (Lipinski definition) is 13. The van der Waals surface area contributed by atoms with E-state index in [9.17, 15) is 24.0 Å².